The van der Waals surface area contributed by atoms with E-state index < -0.39 is 9.84 Å². The Kier molecular flexibility index (Phi) is 5.35. The average molecular weight is 455 g/mol. The summed E-state index contributed by atoms with van der Waals surface area (Å²) in [6.45, 7) is 2.98. The molecular formula is C23H26N4O2S2. The molecule has 5 rings (SSSR count). The summed E-state index contributed by atoms with van der Waals surface area (Å²) in [6.07, 6.45) is 3.85. The van der Waals surface area contributed by atoms with Crippen LogP contribution in [-0.2, 0) is 29.2 Å². The van der Waals surface area contributed by atoms with Crippen molar-refractivity contribution in [3.05, 3.63) is 70.2 Å². The standard InChI is InChI=1S/C23H26N4O2S2/c24-20-4-3-18-7-8-27(16-19(18)14-20)23-25-15-22(30-23)13-17-1-5-21(6-2-17)26-9-11-31(28,29)12-10-26/h1-6,14-15H,7-13,16,24H2. The summed E-state index contributed by atoms with van der Waals surface area (Å²) in [5, 5.41) is 1.06. The lowest BCUT2D eigenvalue weighted by atomic mass is 9.99. The van der Waals surface area contributed by atoms with Gasteiger partial charge >= 0.3 is 0 Å². The fourth-order valence-electron chi connectivity index (χ4n) is 4.26. The first-order valence-electron chi connectivity index (χ1n) is 10.6. The molecule has 0 aliphatic carbocycles. The zero-order valence-corrected chi connectivity index (χ0v) is 19.0. The molecule has 3 heterocycles. The molecule has 8 heteroatoms. The molecule has 2 aromatic carbocycles. The maximum absolute atomic E-state index is 11.6. The van der Waals surface area contributed by atoms with Gasteiger partial charge in [0, 0.05) is 55.0 Å². The van der Waals surface area contributed by atoms with Gasteiger partial charge in [-0.05, 0) is 47.4 Å². The zero-order valence-electron chi connectivity index (χ0n) is 17.3. The number of nitrogens with two attached hydrogens (primary N) is 1. The SMILES string of the molecule is Nc1ccc2c(c1)CN(c1ncc(Cc3ccc(N4CCS(=O)(=O)CC4)cc3)s1)CC2. The minimum atomic E-state index is -2.86. The molecule has 2 aliphatic heterocycles. The van der Waals surface area contributed by atoms with E-state index >= 15 is 0 Å². The molecule has 2 aliphatic rings. The molecule has 2 N–H and O–H groups in total. The highest BCUT2D eigenvalue weighted by Crippen LogP contribution is 2.30. The second-order valence-electron chi connectivity index (χ2n) is 8.29. The molecule has 0 bridgehead atoms. The third-order valence-corrected chi connectivity index (χ3v) is 8.75. The van der Waals surface area contributed by atoms with Gasteiger partial charge in [0.1, 0.15) is 0 Å². The van der Waals surface area contributed by atoms with Crippen LogP contribution in [0.3, 0.4) is 0 Å². The first kappa shape index (κ1) is 20.3. The lowest BCUT2D eigenvalue weighted by Gasteiger charge is -2.28. The molecule has 6 nitrogen and oxygen atoms in total. The van der Waals surface area contributed by atoms with Crippen LogP contribution in [0.1, 0.15) is 21.6 Å². The Morgan fingerprint density at radius 2 is 1.74 bits per heavy atom. The van der Waals surface area contributed by atoms with Crippen LogP contribution in [0.25, 0.3) is 0 Å². The van der Waals surface area contributed by atoms with Crippen LogP contribution in [0.15, 0.2) is 48.7 Å². The topological polar surface area (TPSA) is 79.5 Å². The van der Waals surface area contributed by atoms with Gasteiger partial charge in [-0.25, -0.2) is 13.4 Å². The summed E-state index contributed by atoms with van der Waals surface area (Å²) >= 11 is 1.75. The first-order valence-corrected chi connectivity index (χ1v) is 13.2. The molecule has 0 spiro atoms. The van der Waals surface area contributed by atoms with E-state index in [1.165, 1.54) is 21.6 Å². The van der Waals surface area contributed by atoms with Crippen molar-refractivity contribution in [3.8, 4) is 0 Å². The number of nitrogens with zero attached hydrogens (tertiary/aromatic N) is 3. The van der Waals surface area contributed by atoms with E-state index in [1.54, 1.807) is 11.3 Å². The van der Waals surface area contributed by atoms with Crippen LogP contribution in [0, 0.1) is 0 Å². The second kappa shape index (κ2) is 8.16. The van der Waals surface area contributed by atoms with Crippen molar-refractivity contribution in [2.24, 2.45) is 0 Å². The van der Waals surface area contributed by atoms with E-state index in [-0.39, 0.29) is 11.5 Å². The maximum atomic E-state index is 11.6. The van der Waals surface area contributed by atoms with Gasteiger partial charge in [0.2, 0.25) is 0 Å². The molecule has 0 amide bonds. The van der Waals surface area contributed by atoms with Crippen LogP contribution >= 0.6 is 11.3 Å². The van der Waals surface area contributed by atoms with Gasteiger partial charge in [-0.3, -0.25) is 0 Å². The largest absolute Gasteiger partial charge is 0.399 e. The predicted molar refractivity (Wildman–Crippen MR) is 128 cm³/mol. The molecule has 0 radical (unpaired) electrons. The Hall–Kier alpha value is -2.58. The van der Waals surface area contributed by atoms with E-state index in [0.29, 0.717) is 13.1 Å². The van der Waals surface area contributed by atoms with Crippen molar-refractivity contribution < 1.29 is 8.42 Å². The van der Waals surface area contributed by atoms with Crippen molar-refractivity contribution in [1.29, 1.82) is 0 Å². The minimum absolute atomic E-state index is 0.242. The Balaban J connectivity index is 1.23. The highest BCUT2D eigenvalue weighted by Gasteiger charge is 2.22. The summed E-state index contributed by atoms with van der Waals surface area (Å²) in [7, 11) is -2.86. The molecule has 31 heavy (non-hydrogen) atoms. The van der Waals surface area contributed by atoms with Crippen LogP contribution in [0.2, 0.25) is 0 Å². The second-order valence-corrected chi connectivity index (χ2v) is 11.7. The van der Waals surface area contributed by atoms with Gasteiger partial charge in [0.25, 0.3) is 0 Å². The third kappa shape index (κ3) is 4.55. The van der Waals surface area contributed by atoms with Gasteiger partial charge < -0.3 is 15.5 Å². The van der Waals surface area contributed by atoms with Crippen molar-refractivity contribution in [2.75, 3.05) is 46.7 Å². The highest BCUT2D eigenvalue weighted by atomic mass is 32.2. The van der Waals surface area contributed by atoms with Gasteiger partial charge in [-0.2, -0.15) is 0 Å². The van der Waals surface area contributed by atoms with E-state index in [9.17, 15) is 8.42 Å². The number of hydrogen-bond acceptors (Lipinski definition) is 7. The normalized spacial score (nSPS) is 18.1. The van der Waals surface area contributed by atoms with Gasteiger partial charge in [-0.1, -0.05) is 18.2 Å². The molecule has 3 aromatic rings. The molecule has 1 aromatic heterocycles. The molecule has 0 atom stereocenters. The zero-order chi connectivity index (χ0) is 21.4. The van der Waals surface area contributed by atoms with Crippen LogP contribution in [0.5, 0.6) is 0 Å². The molecule has 0 saturated carbocycles. The summed E-state index contributed by atoms with van der Waals surface area (Å²) < 4.78 is 23.3. The summed E-state index contributed by atoms with van der Waals surface area (Å²) in [4.78, 5) is 10.4. The number of sulfone groups is 1. The fourth-order valence-corrected chi connectivity index (χ4v) is 6.43. The molecule has 162 valence electrons. The predicted octanol–water partition coefficient (Wildman–Crippen LogP) is 3.11. The van der Waals surface area contributed by atoms with Crippen molar-refractivity contribution in [2.45, 2.75) is 19.4 Å². The minimum Gasteiger partial charge on any atom is -0.399 e. The third-order valence-electron chi connectivity index (χ3n) is 6.08. The fraction of sp³-hybridized carbons (Fsp3) is 0.348. The molecule has 0 unspecified atom stereocenters. The summed E-state index contributed by atoms with van der Waals surface area (Å²) in [5.74, 6) is 0.484. The number of aromatic nitrogens is 1. The molecule has 1 saturated heterocycles. The van der Waals surface area contributed by atoms with E-state index in [4.69, 9.17) is 5.73 Å². The van der Waals surface area contributed by atoms with E-state index in [0.717, 1.165) is 42.4 Å². The first-order chi connectivity index (χ1) is 14.9. The Labute approximate surface area is 187 Å². The van der Waals surface area contributed by atoms with E-state index in [1.807, 2.05) is 12.3 Å². The molecular weight excluding hydrogens is 428 g/mol. The number of hydrogen-bond donors (Lipinski definition) is 1. The lowest BCUT2D eigenvalue weighted by Crippen LogP contribution is -2.40. The summed E-state index contributed by atoms with van der Waals surface area (Å²) in [6, 6.07) is 14.7. The van der Waals surface area contributed by atoms with Gasteiger partial charge in [-0.15, -0.1) is 11.3 Å². The number of rotatable bonds is 4. The van der Waals surface area contributed by atoms with E-state index in [2.05, 4.69) is 51.2 Å². The number of thiazole rings is 1. The van der Waals surface area contributed by atoms with Crippen molar-refractivity contribution >= 4 is 37.7 Å². The lowest BCUT2D eigenvalue weighted by molar-refractivity contribution is 0.587. The van der Waals surface area contributed by atoms with Crippen molar-refractivity contribution in [3.63, 3.8) is 0 Å². The smallest absolute Gasteiger partial charge is 0.185 e. The van der Waals surface area contributed by atoms with Crippen LogP contribution in [-0.4, -0.2) is 44.5 Å². The quantitative estimate of drug-likeness (QED) is 0.610. The Morgan fingerprint density at radius 3 is 2.52 bits per heavy atom. The number of anilines is 3. The Bertz CT molecular complexity index is 1170. The molecule has 1 fully saturated rings. The van der Waals surface area contributed by atoms with Gasteiger partial charge in [0.05, 0.1) is 11.5 Å². The van der Waals surface area contributed by atoms with Crippen LogP contribution in [0.4, 0.5) is 16.5 Å². The average Bonchev–Trinajstić information content (AvgIpc) is 3.22. The van der Waals surface area contributed by atoms with Crippen molar-refractivity contribution in [1.82, 2.24) is 4.98 Å². The number of nitrogen functional groups attached to an aromatic ring is 1. The maximum Gasteiger partial charge on any atom is 0.185 e. The Morgan fingerprint density at radius 1 is 0.968 bits per heavy atom. The van der Waals surface area contributed by atoms with Gasteiger partial charge in [0.15, 0.2) is 15.0 Å². The monoisotopic (exact) mass is 454 g/mol. The number of fused-ring (bicyclic) bond motifs is 1. The summed E-state index contributed by atoms with van der Waals surface area (Å²) in [5.41, 5.74) is 11.8. The number of benzene rings is 2. The van der Waals surface area contributed by atoms with Crippen LogP contribution < -0.4 is 15.5 Å². The highest BCUT2D eigenvalue weighted by molar-refractivity contribution is 7.91.